The Labute approximate surface area is 182 Å². The first-order valence-electron chi connectivity index (χ1n) is 9.99. The quantitative estimate of drug-likeness (QED) is 0.569. The molecule has 1 N–H and O–H groups in total. The van der Waals surface area contributed by atoms with Crippen molar-refractivity contribution in [3.05, 3.63) is 90.0 Å². The van der Waals surface area contributed by atoms with Crippen molar-refractivity contribution in [2.75, 3.05) is 25.5 Å². The summed E-state index contributed by atoms with van der Waals surface area (Å²) in [6.45, 7) is 2.25. The van der Waals surface area contributed by atoms with Gasteiger partial charge in [0.15, 0.2) is 6.61 Å². The summed E-state index contributed by atoms with van der Waals surface area (Å²) < 4.78 is 11.3. The molecule has 3 aromatic rings. The number of ether oxygens (including phenoxy) is 2. The fourth-order valence-electron chi connectivity index (χ4n) is 2.77. The molecule has 160 valence electrons. The van der Waals surface area contributed by atoms with Crippen molar-refractivity contribution in [1.29, 1.82) is 0 Å². The van der Waals surface area contributed by atoms with Gasteiger partial charge in [0.1, 0.15) is 18.1 Å². The summed E-state index contributed by atoms with van der Waals surface area (Å²) in [7, 11) is 1.57. The van der Waals surface area contributed by atoms with E-state index in [2.05, 4.69) is 5.32 Å². The molecule has 3 rings (SSSR count). The lowest BCUT2D eigenvalue weighted by Crippen LogP contribution is -2.37. The van der Waals surface area contributed by atoms with Crippen molar-refractivity contribution in [2.45, 2.75) is 13.5 Å². The zero-order valence-corrected chi connectivity index (χ0v) is 17.7. The van der Waals surface area contributed by atoms with Gasteiger partial charge < -0.3 is 19.7 Å². The molecule has 0 aliphatic carbocycles. The molecule has 0 saturated heterocycles. The Morgan fingerprint density at radius 1 is 0.839 bits per heavy atom. The Balaban J connectivity index is 1.40. The number of amides is 2. The van der Waals surface area contributed by atoms with Gasteiger partial charge in [0.2, 0.25) is 5.91 Å². The van der Waals surface area contributed by atoms with Gasteiger partial charge in [-0.15, -0.1) is 0 Å². The lowest BCUT2D eigenvalue weighted by molar-refractivity contribution is -0.135. The van der Waals surface area contributed by atoms with Gasteiger partial charge in [-0.05, 0) is 48.9 Å². The highest BCUT2D eigenvalue weighted by molar-refractivity contribution is 5.94. The Morgan fingerprint density at radius 3 is 2.10 bits per heavy atom. The second-order valence-electron chi connectivity index (χ2n) is 7.20. The van der Waals surface area contributed by atoms with E-state index in [0.717, 1.165) is 11.1 Å². The zero-order chi connectivity index (χ0) is 22.1. The number of carbonyl (C=O) groups is 2. The average molecular weight is 418 g/mol. The SMILES string of the molecule is Cc1ccc(NC(=O)CN(C)C(=O)COc2ccc(OCc3ccccc3)cc2)cc1. The van der Waals surface area contributed by atoms with Crippen molar-refractivity contribution >= 4 is 17.5 Å². The first-order chi connectivity index (χ1) is 15.0. The zero-order valence-electron chi connectivity index (χ0n) is 17.7. The smallest absolute Gasteiger partial charge is 0.260 e. The number of likely N-dealkylation sites (N-methyl/N-ethyl adjacent to an activating group) is 1. The van der Waals surface area contributed by atoms with Crippen molar-refractivity contribution in [1.82, 2.24) is 4.90 Å². The number of nitrogens with one attached hydrogen (secondary N) is 1. The van der Waals surface area contributed by atoms with Crippen LogP contribution in [-0.2, 0) is 16.2 Å². The van der Waals surface area contributed by atoms with E-state index in [0.29, 0.717) is 23.8 Å². The lowest BCUT2D eigenvalue weighted by Gasteiger charge is -2.17. The van der Waals surface area contributed by atoms with Crippen molar-refractivity contribution < 1.29 is 19.1 Å². The second-order valence-corrected chi connectivity index (χ2v) is 7.20. The van der Waals surface area contributed by atoms with Crippen LogP contribution in [0.15, 0.2) is 78.9 Å². The van der Waals surface area contributed by atoms with Crippen LogP contribution in [0.3, 0.4) is 0 Å². The van der Waals surface area contributed by atoms with Crippen LogP contribution in [0.1, 0.15) is 11.1 Å². The van der Waals surface area contributed by atoms with Gasteiger partial charge in [0.05, 0.1) is 6.54 Å². The van der Waals surface area contributed by atoms with Gasteiger partial charge in [-0.25, -0.2) is 0 Å². The molecule has 0 saturated carbocycles. The third kappa shape index (κ3) is 7.19. The van der Waals surface area contributed by atoms with Crippen LogP contribution in [0.5, 0.6) is 11.5 Å². The number of hydrogen-bond acceptors (Lipinski definition) is 4. The molecule has 3 aromatic carbocycles. The summed E-state index contributed by atoms with van der Waals surface area (Å²) in [4.78, 5) is 25.7. The second kappa shape index (κ2) is 10.8. The third-order valence-electron chi connectivity index (χ3n) is 4.58. The molecule has 2 amide bonds. The highest BCUT2D eigenvalue weighted by atomic mass is 16.5. The van der Waals surface area contributed by atoms with Gasteiger partial charge in [0, 0.05) is 12.7 Å². The van der Waals surface area contributed by atoms with E-state index in [1.807, 2.05) is 61.5 Å². The number of aryl methyl sites for hydroxylation is 1. The maximum absolute atomic E-state index is 12.3. The van der Waals surface area contributed by atoms with E-state index in [9.17, 15) is 9.59 Å². The number of carbonyl (C=O) groups excluding carboxylic acids is 2. The minimum atomic E-state index is -0.288. The van der Waals surface area contributed by atoms with Crippen LogP contribution in [0.2, 0.25) is 0 Å². The maximum atomic E-state index is 12.3. The molecule has 6 heteroatoms. The van der Waals surface area contributed by atoms with E-state index in [4.69, 9.17) is 9.47 Å². The summed E-state index contributed by atoms with van der Waals surface area (Å²) in [5, 5.41) is 2.77. The fraction of sp³-hybridized carbons (Fsp3) is 0.200. The van der Waals surface area contributed by atoms with Gasteiger partial charge in [-0.2, -0.15) is 0 Å². The Hall–Kier alpha value is -3.80. The van der Waals surface area contributed by atoms with Crippen LogP contribution >= 0.6 is 0 Å². The predicted octanol–water partition coefficient (Wildman–Crippen LogP) is 4.05. The molecule has 0 aliphatic heterocycles. The topological polar surface area (TPSA) is 67.9 Å². The van der Waals surface area contributed by atoms with Crippen LogP contribution in [-0.4, -0.2) is 36.9 Å². The summed E-state index contributed by atoms with van der Waals surface area (Å²) in [6.07, 6.45) is 0. The molecule has 0 spiro atoms. The molecule has 0 unspecified atom stereocenters. The van der Waals surface area contributed by atoms with Gasteiger partial charge in [0.25, 0.3) is 5.91 Å². The Morgan fingerprint density at radius 2 is 1.45 bits per heavy atom. The van der Waals surface area contributed by atoms with Crippen molar-refractivity contribution in [3.63, 3.8) is 0 Å². The summed E-state index contributed by atoms with van der Waals surface area (Å²) in [5.41, 5.74) is 2.89. The number of nitrogens with zero attached hydrogens (tertiary/aromatic N) is 1. The monoisotopic (exact) mass is 418 g/mol. The van der Waals surface area contributed by atoms with E-state index in [-0.39, 0.29) is 25.0 Å². The summed E-state index contributed by atoms with van der Waals surface area (Å²) in [5.74, 6) is 0.716. The molecular formula is C25H26N2O4. The van der Waals surface area contributed by atoms with Crippen molar-refractivity contribution in [2.24, 2.45) is 0 Å². The highest BCUT2D eigenvalue weighted by Crippen LogP contribution is 2.19. The van der Waals surface area contributed by atoms with Gasteiger partial charge in [-0.1, -0.05) is 48.0 Å². The minimum absolute atomic E-state index is 0.0532. The summed E-state index contributed by atoms with van der Waals surface area (Å²) in [6, 6.07) is 24.5. The van der Waals surface area contributed by atoms with E-state index >= 15 is 0 Å². The molecule has 6 nitrogen and oxygen atoms in total. The molecule has 31 heavy (non-hydrogen) atoms. The lowest BCUT2D eigenvalue weighted by atomic mass is 10.2. The normalized spacial score (nSPS) is 10.3. The number of rotatable bonds is 9. The van der Waals surface area contributed by atoms with Crippen LogP contribution in [0.25, 0.3) is 0 Å². The number of benzene rings is 3. The van der Waals surface area contributed by atoms with Crippen LogP contribution in [0, 0.1) is 6.92 Å². The molecule has 0 radical (unpaired) electrons. The maximum Gasteiger partial charge on any atom is 0.260 e. The predicted molar refractivity (Wildman–Crippen MR) is 120 cm³/mol. The largest absolute Gasteiger partial charge is 0.489 e. The first-order valence-corrected chi connectivity index (χ1v) is 9.99. The minimum Gasteiger partial charge on any atom is -0.489 e. The molecule has 0 bridgehead atoms. The molecule has 0 aliphatic rings. The molecule has 0 heterocycles. The first kappa shape index (κ1) is 21.9. The molecule has 0 atom stereocenters. The standard InChI is InChI=1S/C25H26N2O4/c1-19-8-10-21(11-9-19)26-24(28)16-27(2)25(29)18-31-23-14-12-22(13-15-23)30-17-20-6-4-3-5-7-20/h3-15H,16-18H2,1-2H3,(H,26,28). The molecule has 0 fully saturated rings. The van der Waals surface area contributed by atoms with Gasteiger partial charge >= 0.3 is 0 Å². The highest BCUT2D eigenvalue weighted by Gasteiger charge is 2.14. The summed E-state index contributed by atoms with van der Waals surface area (Å²) >= 11 is 0. The van der Waals surface area contributed by atoms with E-state index in [1.165, 1.54) is 4.90 Å². The Kier molecular flexibility index (Phi) is 7.65. The molecular weight excluding hydrogens is 392 g/mol. The van der Waals surface area contributed by atoms with Gasteiger partial charge in [-0.3, -0.25) is 9.59 Å². The average Bonchev–Trinajstić information content (AvgIpc) is 2.79. The van der Waals surface area contributed by atoms with E-state index in [1.54, 1.807) is 31.3 Å². The number of hydrogen-bond donors (Lipinski definition) is 1. The third-order valence-corrected chi connectivity index (χ3v) is 4.58. The fourth-order valence-corrected chi connectivity index (χ4v) is 2.77. The van der Waals surface area contributed by atoms with Crippen LogP contribution < -0.4 is 14.8 Å². The molecule has 0 aromatic heterocycles. The van der Waals surface area contributed by atoms with E-state index < -0.39 is 0 Å². The van der Waals surface area contributed by atoms with Crippen LogP contribution in [0.4, 0.5) is 5.69 Å². The number of anilines is 1. The Bertz CT molecular complexity index is 986. The van der Waals surface area contributed by atoms with Crippen molar-refractivity contribution in [3.8, 4) is 11.5 Å².